The van der Waals surface area contributed by atoms with Crippen LogP contribution in [0.2, 0.25) is 0 Å². The van der Waals surface area contributed by atoms with Gasteiger partial charge in [-0.25, -0.2) is 8.42 Å². The highest BCUT2D eigenvalue weighted by molar-refractivity contribution is 7.91. The minimum atomic E-state index is -3.05. The maximum Gasteiger partial charge on any atom is 0.272 e. The Balaban J connectivity index is 0.918. The van der Waals surface area contributed by atoms with Crippen LogP contribution in [0, 0.1) is 17.2 Å². The highest BCUT2D eigenvalue weighted by atomic mass is 32.2. The Morgan fingerprint density at radius 2 is 1.52 bits per heavy atom. The summed E-state index contributed by atoms with van der Waals surface area (Å²) in [5.41, 5.74) is 3.51. The maximum atomic E-state index is 13.1. The molecule has 0 bridgehead atoms. The van der Waals surface area contributed by atoms with Gasteiger partial charge in [-0.15, -0.1) is 0 Å². The normalized spacial score (nSPS) is 18.2. The van der Waals surface area contributed by atoms with Gasteiger partial charge in [0.05, 0.1) is 22.6 Å². The SMILES string of the molecule is N#Cc1ccc(CN2CCC(CC(=O)c3ccc(C(=O)N4CCC(Oc5ccc(CS(=O)(=O)C6CC6)cc5)CC4)nc3)CC2)cc1. The van der Waals surface area contributed by atoms with Crippen molar-refractivity contribution < 1.29 is 22.7 Å². The van der Waals surface area contributed by atoms with E-state index >= 15 is 0 Å². The molecule has 3 aliphatic rings. The number of carbonyl (C=O) groups excluding carboxylic acids is 2. The molecule has 1 aliphatic carbocycles. The topological polar surface area (TPSA) is 121 Å². The van der Waals surface area contributed by atoms with Crippen molar-refractivity contribution in [1.82, 2.24) is 14.8 Å². The van der Waals surface area contributed by atoms with Crippen LogP contribution in [0.3, 0.4) is 0 Å². The van der Waals surface area contributed by atoms with Crippen LogP contribution in [0.4, 0.5) is 0 Å². The van der Waals surface area contributed by atoms with Crippen molar-refractivity contribution in [2.45, 2.75) is 68.6 Å². The van der Waals surface area contributed by atoms with Crippen LogP contribution in [-0.2, 0) is 22.1 Å². The average molecular weight is 641 g/mol. The zero-order valence-electron chi connectivity index (χ0n) is 26.0. The number of Topliss-reactive ketones (excluding diaryl/α,β-unsaturated/α-hetero) is 1. The van der Waals surface area contributed by atoms with E-state index < -0.39 is 9.84 Å². The summed E-state index contributed by atoms with van der Waals surface area (Å²) in [6.07, 6.45) is 6.83. The van der Waals surface area contributed by atoms with E-state index in [9.17, 15) is 18.0 Å². The number of benzene rings is 2. The van der Waals surface area contributed by atoms with E-state index in [1.54, 1.807) is 17.0 Å². The third kappa shape index (κ3) is 8.20. The fourth-order valence-electron chi connectivity index (χ4n) is 6.33. The van der Waals surface area contributed by atoms with Gasteiger partial charge in [-0.05, 0) is 92.2 Å². The first-order valence-electron chi connectivity index (χ1n) is 16.2. The number of carbonyl (C=O) groups is 2. The molecule has 0 unspecified atom stereocenters. The van der Waals surface area contributed by atoms with Crippen LogP contribution >= 0.6 is 0 Å². The van der Waals surface area contributed by atoms with Gasteiger partial charge in [-0.2, -0.15) is 5.26 Å². The van der Waals surface area contributed by atoms with Gasteiger partial charge in [0.15, 0.2) is 15.6 Å². The number of piperidine rings is 2. The summed E-state index contributed by atoms with van der Waals surface area (Å²) in [6.45, 7) is 3.82. The lowest BCUT2D eigenvalue weighted by Crippen LogP contribution is -2.42. The number of aromatic nitrogens is 1. The third-order valence-corrected chi connectivity index (χ3v) is 11.6. The molecule has 2 saturated heterocycles. The number of hydrogen-bond donors (Lipinski definition) is 0. The highest BCUT2D eigenvalue weighted by Crippen LogP contribution is 2.31. The molecule has 240 valence electrons. The quantitative estimate of drug-likeness (QED) is 0.263. The summed E-state index contributed by atoms with van der Waals surface area (Å²) in [6, 6.07) is 20.5. The molecular weight excluding hydrogens is 600 g/mol. The summed E-state index contributed by atoms with van der Waals surface area (Å²) >= 11 is 0. The Labute approximate surface area is 271 Å². The van der Waals surface area contributed by atoms with Crippen molar-refractivity contribution in [2.24, 2.45) is 5.92 Å². The number of nitrogens with zero attached hydrogens (tertiary/aromatic N) is 4. The molecule has 6 rings (SSSR count). The van der Waals surface area contributed by atoms with Crippen LogP contribution in [-0.4, -0.2) is 72.4 Å². The largest absolute Gasteiger partial charge is 0.490 e. The highest BCUT2D eigenvalue weighted by Gasteiger charge is 2.35. The molecule has 1 aromatic heterocycles. The van der Waals surface area contributed by atoms with E-state index in [1.165, 1.54) is 11.8 Å². The van der Waals surface area contributed by atoms with Crippen LogP contribution in [0.15, 0.2) is 66.9 Å². The van der Waals surface area contributed by atoms with Crippen LogP contribution in [0.25, 0.3) is 0 Å². The molecule has 1 saturated carbocycles. The molecule has 3 aromatic rings. The molecule has 2 aliphatic heterocycles. The second-order valence-corrected chi connectivity index (χ2v) is 15.1. The molecule has 1 amide bonds. The summed E-state index contributed by atoms with van der Waals surface area (Å²) in [4.78, 5) is 34.7. The fraction of sp³-hybridized carbons (Fsp3) is 0.444. The number of hydrogen-bond acceptors (Lipinski definition) is 8. The zero-order chi connectivity index (χ0) is 32.1. The lowest BCUT2D eigenvalue weighted by molar-refractivity contribution is 0.0589. The van der Waals surface area contributed by atoms with E-state index in [2.05, 4.69) is 16.0 Å². The van der Waals surface area contributed by atoms with E-state index in [0.717, 1.165) is 50.9 Å². The van der Waals surface area contributed by atoms with Gasteiger partial charge in [0.25, 0.3) is 5.91 Å². The molecule has 0 N–H and O–H groups in total. The van der Waals surface area contributed by atoms with E-state index in [1.807, 2.05) is 48.5 Å². The number of pyridine rings is 1. The van der Waals surface area contributed by atoms with Gasteiger partial charge < -0.3 is 9.64 Å². The minimum absolute atomic E-state index is 0.0270. The van der Waals surface area contributed by atoms with Crippen molar-refractivity contribution in [3.8, 4) is 11.8 Å². The first kappa shape index (κ1) is 31.9. The summed E-state index contributed by atoms with van der Waals surface area (Å²) in [7, 11) is -3.05. The van der Waals surface area contributed by atoms with E-state index in [0.29, 0.717) is 60.8 Å². The molecule has 46 heavy (non-hydrogen) atoms. The lowest BCUT2D eigenvalue weighted by atomic mass is 9.90. The van der Waals surface area contributed by atoms with Crippen molar-refractivity contribution in [2.75, 3.05) is 26.2 Å². The Kier molecular flexibility index (Phi) is 9.81. The average Bonchev–Trinajstić information content (AvgIpc) is 3.94. The van der Waals surface area contributed by atoms with Crippen molar-refractivity contribution >= 4 is 21.5 Å². The van der Waals surface area contributed by atoms with Crippen molar-refractivity contribution in [3.63, 3.8) is 0 Å². The van der Waals surface area contributed by atoms with E-state index in [-0.39, 0.29) is 28.8 Å². The summed E-state index contributed by atoms with van der Waals surface area (Å²) < 4.78 is 30.6. The maximum absolute atomic E-state index is 13.1. The van der Waals surface area contributed by atoms with E-state index in [4.69, 9.17) is 10.00 Å². The molecule has 3 fully saturated rings. The second-order valence-electron chi connectivity index (χ2n) is 12.8. The number of nitriles is 1. The van der Waals surface area contributed by atoms with Gasteiger partial charge in [-0.1, -0.05) is 24.3 Å². The molecule has 0 atom stereocenters. The molecule has 9 nitrogen and oxygen atoms in total. The second kappa shape index (κ2) is 14.1. The minimum Gasteiger partial charge on any atom is -0.490 e. The molecular formula is C36H40N4O5S. The van der Waals surface area contributed by atoms with Crippen LogP contribution in [0.5, 0.6) is 5.75 Å². The molecule has 10 heteroatoms. The molecule has 0 radical (unpaired) electrons. The lowest BCUT2D eigenvalue weighted by Gasteiger charge is -2.32. The fourth-order valence-corrected chi connectivity index (χ4v) is 8.08. The Bertz CT molecular complexity index is 1660. The van der Waals surface area contributed by atoms with Crippen LogP contribution in [0.1, 0.15) is 82.5 Å². The van der Waals surface area contributed by atoms with Gasteiger partial charge in [0.2, 0.25) is 0 Å². The number of likely N-dealkylation sites (tertiary alicyclic amines) is 2. The Morgan fingerprint density at radius 3 is 2.13 bits per heavy atom. The standard InChI is InChI=1S/C36H40N4O5S/c37-22-27-1-3-28(4-2-27)24-39-17-13-26(14-18-39)21-35(41)30-7-12-34(38-23-30)36(42)40-19-15-32(16-20-40)45-31-8-5-29(6-9-31)25-46(43,44)33-10-11-33/h1-9,12,23,26,32-33H,10-11,13-21,24-25H2. The number of amides is 1. The number of ether oxygens (including phenoxy) is 1. The smallest absolute Gasteiger partial charge is 0.272 e. The Morgan fingerprint density at radius 1 is 0.848 bits per heavy atom. The predicted molar refractivity (Wildman–Crippen MR) is 174 cm³/mol. The zero-order valence-corrected chi connectivity index (χ0v) is 26.8. The van der Waals surface area contributed by atoms with Crippen molar-refractivity contribution in [3.05, 3.63) is 94.8 Å². The monoisotopic (exact) mass is 640 g/mol. The van der Waals surface area contributed by atoms with Gasteiger partial charge in [0.1, 0.15) is 17.5 Å². The molecule has 0 spiro atoms. The predicted octanol–water partition coefficient (Wildman–Crippen LogP) is 5.20. The molecule has 2 aromatic carbocycles. The number of rotatable bonds is 11. The van der Waals surface area contributed by atoms with Gasteiger partial charge in [0, 0.05) is 50.7 Å². The van der Waals surface area contributed by atoms with Gasteiger partial charge in [-0.3, -0.25) is 19.5 Å². The third-order valence-electron chi connectivity index (χ3n) is 9.33. The Hall–Kier alpha value is -4.07. The van der Waals surface area contributed by atoms with Crippen LogP contribution < -0.4 is 4.74 Å². The van der Waals surface area contributed by atoms with Gasteiger partial charge >= 0.3 is 0 Å². The number of sulfone groups is 1. The first-order valence-corrected chi connectivity index (χ1v) is 17.9. The molecule has 3 heterocycles. The summed E-state index contributed by atoms with van der Waals surface area (Å²) in [5.74, 6) is 1.02. The number of ketones is 1. The summed E-state index contributed by atoms with van der Waals surface area (Å²) in [5, 5.41) is 8.82. The van der Waals surface area contributed by atoms with Crippen molar-refractivity contribution in [1.29, 1.82) is 5.26 Å². The first-order chi connectivity index (χ1) is 22.3.